The molecule has 0 fully saturated rings. The zero-order valence-corrected chi connectivity index (χ0v) is 5.15. The first-order valence-electron chi connectivity index (χ1n) is 1.82. The Bertz CT molecular complexity index is 115. The number of halogens is 7. The fourth-order valence-corrected chi connectivity index (χ4v) is 0.107. The van der Waals surface area contributed by atoms with Gasteiger partial charge in [0.25, 0.3) is 0 Å². The van der Waals surface area contributed by atoms with Gasteiger partial charge in [-0.3, -0.25) is 0 Å². The zero-order valence-electron chi connectivity index (χ0n) is 5.15. The number of alkyl halides is 5. The van der Waals surface area contributed by atoms with Crippen molar-refractivity contribution in [3.05, 3.63) is 6.43 Å². The first-order valence-corrected chi connectivity index (χ1v) is 1.82. The van der Waals surface area contributed by atoms with Crippen molar-refractivity contribution >= 4 is 18.9 Å². The van der Waals surface area contributed by atoms with Gasteiger partial charge in [0, 0.05) is 18.9 Å². The molecule has 0 aromatic rings. The van der Waals surface area contributed by atoms with E-state index in [2.05, 4.69) is 0 Å². The third-order valence-corrected chi connectivity index (χ3v) is 0.593. The molecule has 0 aliphatic rings. The quantitative estimate of drug-likeness (QED) is 0.424. The van der Waals surface area contributed by atoms with Crippen LogP contribution in [0, 0.1) is 6.43 Å². The monoisotopic (exact) mass is 176 g/mol. The second-order valence-electron chi connectivity index (χ2n) is 1.33. The molecular weight excluding hydrogens is 176 g/mol. The molecule has 0 atom stereocenters. The Morgan fingerprint density at radius 3 is 1.09 bits per heavy atom. The van der Waals surface area contributed by atoms with Crippen LogP contribution < -0.4 is 0 Å². The van der Waals surface area contributed by atoms with Crippen LogP contribution in [-0.4, -0.2) is 31.0 Å². The third-order valence-electron chi connectivity index (χ3n) is 0.593. The van der Waals surface area contributed by atoms with E-state index in [1.54, 1.807) is 0 Å². The summed E-state index contributed by atoms with van der Waals surface area (Å²) in [6.07, 6.45) is -10.1. The molecule has 62 valence electrons. The average molecular weight is 176 g/mol. The minimum absolute atomic E-state index is 0. The Balaban J connectivity index is 0. The summed E-state index contributed by atoms with van der Waals surface area (Å²) in [5.74, 6) is -5.98. The molecular formula is C3F7Li. The van der Waals surface area contributed by atoms with Crippen LogP contribution >= 0.6 is 0 Å². The van der Waals surface area contributed by atoms with Gasteiger partial charge >= 0.3 is 18.5 Å². The second kappa shape index (κ2) is 3.67. The fraction of sp³-hybridized carbons (Fsp3) is 0.667. The summed E-state index contributed by atoms with van der Waals surface area (Å²) in [5, 5.41) is 0. The van der Waals surface area contributed by atoms with Gasteiger partial charge in [0.1, 0.15) is 0 Å². The molecule has 11 heavy (non-hydrogen) atoms. The standard InChI is InChI=1S/C3F7.Li/c4-1(5)2(6,7)3(8,9)10;. The molecule has 2 radical (unpaired) electrons. The second-order valence-corrected chi connectivity index (χ2v) is 1.33. The predicted octanol–water partition coefficient (Wildman–Crippen LogP) is 2.23. The Kier molecular flexibility index (Phi) is 4.57. The van der Waals surface area contributed by atoms with Crippen molar-refractivity contribution in [1.82, 2.24) is 0 Å². The summed E-state index contributed by atoms with van der Waals surface area (Å²) in [5.41, 5.74) is 0. The molecule has 0 spiro atoms. The van der Waals surface area contributed by atoms with E-state index in [0.717, 1.165) is 0 Å². The van der Waals surface area contributed by atoms with Crippen molar-refractivity contribution in [3.8, 4) is 0 Å². The van der Waals surface area contributed by atoms with Gasteiger partial charge in [0.05, 0.1) is 0 Å². The van der Waals surface area contributed by atoms with Crippen LogP contribution in [-0.2, 0) is 0 Å². The summed E-state index contributed by atoms with van der Waals surface area (Å²) in [7, 11) is 0. The molecule has 0 heterocycles. The molecule has 0 aromatic carbocycles. The maximum atomic E-state index is 11.1. The number of hydrogen-bond acceptors (Lipinski definition) is 0. The molecule has 0 aromatic heterocycles. The topological polar surface area (TPSA) is 0 Å². The van der Waals surface area contributed by atoms with Crippen molar-refractivity contribution in [2.75, 3.05) is 0 Å². The molecule has 0 aliphatic carbocycles. The van der Waals surface area contributed by atoms with Crippen LogP contribution in [0.1, 0.15) is 0 Å². The first kappa shape index (κ1) is 13.7. The minimum Gasteiger partial charge on any atom is -0.192 e. The van der Waals surface area contributed by atoms with Crippen molar-refractivity contribution < 1.29 is 30.7 Å². The smallest absolute Gasteiger partial charge is 0.192 e. The van der Waals surface area contributed by atoms with E-state index in [9.17, 15) is 30.7 Å². The summed E-state index contributed by atoms with van der Waals surface area (Å²) in [6, 6.07) is 0. The summed E-state index contributed by atoms with van der Waals surface area (Å²) >= 11 is 0. The molecule has 0 saturated heterocycles. The molecule has 0 rings (SSSR count). The fourth-order valence-electron chi connectivity index (χ4n) is 0.107. The minimum atomic E-state index is -6.20. The van der Waals surface area contributed by atoms with E-state index < -0.39 is 18.5 Å². The maximum absolute atomic E-state index is 11.1. The van der Waals surface area contributed by atoms with E-state index in [4.69, 9.17) is 0 Å². The molecule has 0 unspecified atom stereocenters. The van der Waals surface area contributed by atoms with E-state index in [0.29, 0.717) is 0 Å². The first-order chi connectivity index (χ1) is 4.19. The van der Waals surface area contributed by atoms with Gasteiger partial charge in [-0.25, -0.2) is 0 Å². The van der Waals surface area contributed by atoms with E-state index in [1.807, 2.05) is 0 Å². The van der Waals surface area contributed by atoms with Gasteiger partial charge in [0.2, 0.25) is 0 Å². The van der Waals surface area contributed by atoms with Crippen LogP contribution in [0.15, 0.2) is 0 Å². The zero-order chi connectivity index (χ0) is 8.58. The Labute approximate surface area is 68.9 Å². The van der Waals surface area contributed by atoms with Gasteiger partial charge < -0.3 is 0 Å². The van der Waals surface area contributed by atoms with Gasteiger partial charge in [-0.15, -0.1) is 0 Å². The molecule has 0 aliphatic heterocycles. The van der Waals surface area contributed by atoms with Gasteiger partial charge in [-0.2, -0.15) is 30.7 Å². The SMILES string of the molecule is F[C](F)C(F)(F)C(F)(F)F.[Li]. The van der Waals surface area contributed by atoms with Crippen LogP contribution in [0.4, 0.5) is 30.7 Å². The van der Waals surface area contributed by atoms with Crippen molar-refractivity contribution in [2.24, 2.45) is 0 Å². The van der Waals surface area contributed by atoms with Crippen LogP contribution in [0.5, 0.6) is 0 Å². The van der Waals surface area contributed by atoms with Gasteiger partial charge in [0.15, 0.2) is 0 Å². The normalized spacial score (nSPS) is 13.1. The summed E-state index contributed by atoms with van der Waals surface area (Å²) < 4.78 is 76.3. The Morgan fingerprint density at radius 1 is 0.818 bits per heavy atom. The van der Waals surface area contributed by atoms with Crippen molar-refractivity contribution in [1.29, 1.82) is 0 Å². The maximum Gasteiger partial charge on any atom is 0.460 e. The largest absolute Gasteiger partial charge is 0.460 e. The number of hydrogen-bond donors (Lipinski definition) is 0. The summed E-state index contributed by atoms with van der Waals surface area (Å²) in [4.78, 5) is 0. The van der Waals surface area contributed by atoms with Crippen LogP contribution in [0.3, 0.4) is 0 Å². The molecule has 8 heteroatoms. The molecule has 0 N–H and O–H groups in total. The van der Waals surface area contributed by atoms with Crippen LogP contribution in [0.2, 0.25) is 0 Å². The molecule has 0 nitrogen and oxygen atoms in total. The van der Waals surface area contributed by atoms with Gasteiger partial charge in [-0.1, -0.05) is 0 Å². The van der Waals surface area contributed by atoms with E-state index in [-0.39, 0.29) is 18.9 Å². The third kappa shape index (κ3) is 2.91. The van der Waals surface area contributed by atoms with Crippen molar-refractivity contribution in [2.45, 2.75) is 12.1 Å². The Morgan fingerprint density at radius 2 is 1.09 bits per heavy atom. The Hall–Kier alpha value is 0.107. The van der Waals surface area contributed by atoms with E-state index in [1.165, 1.54) is 0 Å². The average Bonchev–Trinajstić information content (AvgIpc) is 1.62. The van der Waals surface area contributed by atoms with E-state index >= 15 is 0 Å². The number of rotatable bonds is 1. The van der Waals surface area contributed by atoms with Crippen molar-refractivity contribution in [3.63, 3.8) is 0 Å². The molecule has 0 amide bonds. The molecule has 0 saturated carbocycles. The van der Waals surface area contributed by atoms with Gasteiger partial charge in [-0.05, 0) is 0 Å². The van der Waals surface area contributed by atoms with Crippen LogP contribution in [0.25, 0.3) is 0 Å². The predicted molar refractivity (Wildman–Crippen MR) is 22.2 cm³/mol. The molecule has 0 bridgehead atoms. The summed E-state index contributed by atoms with van der Waals surface area (Å²) in [6.45, 7) is 0.